The molecule has 0 unspecified atom stereocenters. The topological polar surface area (TPSA) is 136 Å². The van der Waals surface area contributed by atoms with Crippen LogP contribution < -0.4 is 0 Å². The van der Waals surface area contributed by atoms with Crippen LogP contribution in [0, 0.1) is 0 Å². The normalized spacial score (nSPS) is 37.1. The lowest BCUT2D eigenvalue weighted by Crippen LogP contribution is -2.46. The predicted molar refractivity (Wildman–Crippen MR) is 73.3 cm³/mol. The lowest BCUT2D eigenvalue weighted by molar-refractivity contribution is -0.152. The highest BCUT2D eigenvalue weighted by molar-refractivity contribution is 14.1. The number of azide groups is 1. The highest BCUT2D eigenvalue weighted by Gasteiger charge is 2.56. The van der Waals surface area contributed by atoms with E-state index in [2.05, 4.69) is 10.0 Å². The molecule has 2 N–H and O–H groups in total. The van der Waals surface area contributed by atoms with Crippen molar-refractivity contribution in [3.05, 3.63) is 22.7 Å². The molecular weight excluding hydrogens is 383 g/mol. The first-order chi connectivity index (χ1) is 9.45. The Morgan fingerprint density at radius 1 is 1.60 bits per heavy atom. The zero-order valence-corrected chi connectivity index (χ0v) is 12.2. The number of hydrogen-bond acceptors (Lipinski definition) is 6. The van der Waals surface area contributed by atoms with Gasteiger partial charge in [-0.15, -0.1) is 0 Å². The van der Waals surface area contributed by atoms with Crippen molar-refractivity contribution in [1.82, 2.24) is 4.90 Å². The molecule has 9 nitrogen and oxygen atoms in total. The number of hydrogen-bond donors (Lipinski definition) is 2. The molecule has 1 saturated heterocycles. The minimum absolute atomic E-state index is 0.0915. The maximum atomic E-state index is 11.8. The van der Waals surface area contributed by atoms with E-state index < -0.39 is 30.1 Å². The van der Waals surface area contributed by atoms with Crippen LogP contribution in [0.4, 0.5) is 0 Å². The fraction of sp³-hybridized carbons (Fsp3) is 0.600. The SMILES string of the molecule is [N-]=[N+]=N[C@]1(CI)O[C@@H](N2C=CC(=O)CC2=O)[C@H](O)[C@@H]1O. The summed E-state index contributed by atoms with van der Waals surface area (Å²) in [4.78, 5) is 26.5. The van der Waals surface area contributed by atoms with E-state index in [-0.39, 0.29) is 16.6 Å². The van der Waals surface area contributed by atoms with Crippen molar-refractivity contribution in [3.63, 3.8) is 0 Å². The van der Waals surface area contributed by atoms with Gasteiger partial charge in [0.1, 0.15) is 12.2 Å². The van der Waals surface area contributed by atoms with Gasteiger partial charge in [0.2, 0.25) is 5.91 Å². The molecule has 1 amide bonds. The number of allylic oxidation sites excluding steroid dienone is 1. The zero-order valence-electron chi connectivity index (χ0n) is 10.1. The van der Waals surface area contributed by atoms with Gasteiger partial charge in [-0.2, -0.15) is 0 Å². The fourth-order valence-corrected chi connectivity index (χ4v) is 2.84. The van der Waals surface area contributed by atoms with Crippen molar-refractivity contribution in [2.75, 3.05) is 4.43 Å². The summed E-state index contributed by atoms with van der Waals surface area (Å²) in [6.07, 6.45) is -2.09. The number of halogens is 1. The van der Waals surface area contributed by atoms with Gasteiger partial charge in [0.25, 0.3) is 0 Å². The number of ketones is 1. The first-order valence-electron chi connectivity index (χ1n) is 5.63. The van der Waals surface area contributed by atoms with E-state index in [0.717, 1.165) is 4.90 Å². The van der Waals surface area contributed by atoms with Crippen LogP contribution >= 0.6 is 22.6 Å². The first-order valence-corrected chi connectivity index (χ1v) is 7.16. The van der Waals surface area contributed by atoms with Gasteiger partial charge >= 0.3 is 0 Å². The van der Waals surface area contributed by atoms with E-state index in [9.17, 15) is 19.8 Å². The second-order valence-electron chi connectivity index (χ2n) is 4.37. The van der Waals surface area contributed by atoms with E-state index in [0.29, 0.717) is 0 Å². The number of carbonyl (C=O) groups is 2. The van der Waals surface area contributed by atoms with Crippen molar-refractivity contribution >= 4 is 34.3 Å². The number of ether oxygens (including phenoxy) is 1. The van der Waals surface area contributed by atoms with Crippen LogP contribution in [0.2, 0.25) is 0 Å². The lowest BCUT2D eigenvalue weighted by Gasteiger charge is -2.29. The minimum atomic E-state index is -1.64. The van der Waals surface area contributed by atoms with Crippen molar-refractivity contribution in [2.45, 2.75) is 30.6 Å². The molecule has 108 valence electrons. The summed E-state index contributed by atoms with van der Waals surface area (Å²) in [5.74, 6) is -0.909. The summed E-state index contributed by atoms with van der Waals surface area (Å²) >= 11 is 1.84. The molecule has 2 aliphatic heterocycles. The molecule has 0 bridgehead atoms. The molecule has 0 saturated carbocycles. The third-order valence-corrected chi connectivity index (χ3v) is 4.21. The second-order valence-corrected chi connectivity index (χ2v) is 5.13. The van der Waals surface area contributed by atoms with E-state index in [1.54, 1.807) is 0 Å². The Kier molecular flexibility index (Phi) is 4.30. The van der Waals surface area contributed by atoms with Crippen LogP contribution in [0.15, 0.2) is 17.4 Å². The molecule has 0 aromatic carbocycles. The molecule has 2 aliphatic rings. The van der Waals surface area contributed by atoms with Gasteiger partial charge in [0.15, 0.2) is 17.7 Å². The number of nitrogens with zero attached hydrogens (tertiary/aromatic N) is 4. The Bertz CT molecular complexity index is 520. The Balaban J connectivity index is 2.31. The molecule has 0 aromatic rings. The standard InChI is InChI=1S/C10H11IN4O5/c11-4-10(13-14-12)8(19)7(18)9(20-10)15-2-1-5(16)3-6(15)17/h1-2,7-9,18-19H,3-4H2/t7-,8+,9-,10-/m1/s1. The maximum Gasteiger partial charge on any atom is 0.236 e. The van der Waals surface area contributed by atoms with Crippen LogP contribution in [0.5, 0.6) is 0 Å². The number of carbonyl (C=O) groups excluding carboxylic acids is 2. The average molecular weight is 394 g/mol. The lowest BCUT2D eigenvalue weighted by atomic mass is 10.1. The van der Waals surface area contributed by atoms with E-state index in [4.69, 9.17) is 10.3 Å². The van der Waals surface area contributed by atoms with Gasteiger partial charge in [0, 0.05) is 15.5 Å². The molecule has 0 spiro atoms. The van der Waals surface area contributed by atoms with Crippen LogP contribution in [0.3, 0.4) is 0 Å². The van der Waals surface area contributed by atoms with Crippen LogP contribution in [-0.2, 0) is 14.3 Å². The average Bonchev–Trinajstić information content (AvgIpc) is 2.65. The van der Waals surface area contributed by atoms with Gasteiger partial charge in [-0.25, -0.2) is 0 Å². The number of aliphatic hydroxyl groups is 2. The molecule has 2 heterocycles. The summed E-state index contributed by atoms with van der Waals surface area (Å²) in [6.45, 7) is 0. The highest BCUT2D eigenvalue weighted by atomic mass is 127. The number of rotatable bonds is 3. The molecule has 1 fully saturated rings. The summed E-state index contributed by atoms with van der Waals surface area (Å²) in [6, 6.07) is 0. The van der Waals surface area contributed by atoms with E-state index >= 15 is 0 Å². The summed E-state index contributed by atoms with van der Waals surface area (Å²) in [5, 5.41) is 23.4. The molecule has 0 aliphatic carbocycles. The van der Waals surface area contributed by atoms with Gasteiger partial charge < -0.3 is 14.9 Å². The second kappa shape index (κ2) is 5.66. The predicted octanol–water partition coefficient (Wildman–Crippen LogP) is -0.179. The molecule has 0 radical (unpaired) electrons. The summed E-state index contributed by atoms with van der Waals surface area (Å²) in [5.41, 5.74) is 6.91. The van der Waals surface area contributed by atoms with Crippen molar-refractivity contribution in [2.24, 2.45) is 5.11 Å². The zero-order chi connectivity index (χ0) is 14.9. The maximum absolute atomic E-state index is 11.8. The van der Waals surface area contributed by atoms with Crippen LogP contribution in [-0.4, -0.2) is 55.4 Å². The van der Waals surface area contributed by atoms with Crippen molar-refractivity contribution in [1.29, 1.82) is 0 Å². The molecule has 2 rings (SSSR count). The third-order valence-electron chi connectivity index (χ3n) is 3.12. The molecular formula is C10H11IN4O5. The highest BCUT2D eigenvalue weighted by Crippen LogP contribution is 2.36. The Morgan fingerprint density at radius 2 is 2.30 bits per heavy atom. The van der Waals surface area contributed by atoms with Crippen molar-refractivity contribution < 1.29 is 24.5 Å². The quantitative estimate of drug-likeness (QED) is 0.171. The van der Waals surface area contributed by atoms with Crippen LogP contribution in [0.25, 0.3) is 10.4 Å². The third kappa shape index (κ3) is 2.40. The van der Waals surface area contributed by atoms with E-state index in [1.807, 2.05) is 22.6 Å². The Hall–Kier alpha value is -1.20. The number of aliphatic hydroxyl groups excluding tert-OH is 2. The van der Waals surface area contributed by atoms with Gasteiger partial charge in [-0.3, -0.25) is 14.5 Å². The monoisotopic (exact) mass is 394 g/mol. The first kappa shape index (κ1) is 15.2. The Labute approximate surface area is 127 Å². The van der Waals surface area contributed by atoms with Gasteiger partial charge in [0.05, 0.1) is 6.42 Å². The van der Waals surface area contributed by atoms with E-state index in [1.165, 1.54) is 12.3 Å². The van der Waals surface area contributed by atoms with Crippen molar-refractivity contribution in [3.8, 4) is 0 Å². The summed E-state index contributed by atoms with van der Waals surface area (Å²) in [7, 11) is 0. The smallest absolute Gasteiger partial charge is 0.236 e. The summed E-state index contributed by atoms with van der Waals surface area (Å²) < 4.78 is 5.51. The number of amides is 1. The molecule has 20 heavy (non-hydrogen) atoms. The molecule has 10 heteroatoms. The largest absolute Gasteiger partial charge is 0.387 e. The van der Waals surface area contributed by atoms with Crippen LogP contribution in [0.1, 0.15) is 6.42 Å². The number of alkyl halides is 1. The van der Waals surface area contributed by atoms with Gasteiger partial charge in [-0.1, -0.05) is 27.7 Å². The fourth-order valence-electron chi connectivity index (χ4n) is 2.06. The molecule has 4 atom stereocenters. The van der Waals surface area contributed by atoms with Gasteiger partial charge in [-0.05, 0) is 11.6 Å². The Morgan fingerprint density at radius 3 is 2.85 bits per heavy atom. The molecule has 0 aromatic heterocycles. The minimum Gasteiger partial charge on any atom is -0.387 e.